The van der Waals surface area contributed by atoms with Crippen LogP contribution in [0.2, 0.25) is 5.02 Å². The summed E-state index contributed by atoms with van der Waals surface area (Å²) in [7, 11) is 1.66. The summed E-state index contributed by atoms with van der Waals surface area (Å²) in [6.45, 7) is 5.67. The summed E-state index contributed by atoms with van der Waals surface area (Å²) in [6.07, 6.45) is -1.59. The van der Waals surface area contributed by atoms with Crippen LogP contribution in [0.4, 0.5) is 0 Å². The largest absolute Gasteiger partial charge is 0.494 e. The van der Waals surface area contributed by atoms with Gasteiger partial charge in [-0.25, -0.2) is 0 Å². The summed E-state index contributed by atoms with van der Waals surface area (Å²) in [5.41, 5.74) is 5.95. The first-order chi connectivity index (χ1) is 24.5. The average Bonchev–Trinajstić information content (AvgIpc) is 3.16. The molecule has 260 valence electrons. The predicted octanol–water partition coefficient (Wildman–Crippen LogP) is 9.30. The van der Waals surface area contributed by atoms with Crippen LogP contribution in [0.1, 0.15) is 47.2 Å². The Kier molecular flexibility index (Phi) is 12.4. The molecule has 6 rings (SSSR count). The standard InChI is InChI=1S/C43H45ClO6/c1-4-46-38-23-20-32(21-24-38)26-36-27-37(22-25-39(36)44)43(45-3)42(49-30-35-18-12-7-13-19-35)41(48-29-34-16-10-6-11-17-34)40(31(2)50-43)47-28-33-14-8-5-9-15-33/h5-25,27,31,40-42H,4,26,28-30H2,1-3H3. The first-order valence-corrected chi connectivity index (χ1v) is 17.6. The lowest BCUT2D eigenvalue weighted by Crippen LogP contribution is -2.64. The quantitative estimate of drug-likeness (QED) is 0.109. The van der Waals surface area contributed by atoms with E-state index in [-0.39, 0.29) is 0 Å². The fourth-order valence-electron chi connectivity index (χ4n) is 6.51. The van der Waals surface area contributed by atoms with E-state index in [4.69, 9.17) is 40.0 Å². The van der Waals surface area contributed by atoms with Crippen LogP contribution in [0.25, 0.3) is 0 Å². The molecule has 0 saturated carbocycles. The number of benzene rings is 5. The van der Waals surface area contributed by atoms with Crippen molar-refractivity contribution >= 4 is 11.6 Å². The molecule has 1 saturated heterocycles. The van der Waals surface area contributed by atoms with Gasteiger partial charge in [-0.3, -0.25) is 0 Å². The van der Waals surface area contributed by atoms with E-state index < -0.39 is 30.2 Å². The maximum atomic E-state index is 6.97. The van der Waals surface area contributed by atoms with Crippen molar-refractivity contribution in [3.8, 4) is 5.75 Å². The van der Waals surface area contributed by atoms with Crippen molar-refractivity contribution in [3.63, 3.8) is 0 Å². The van der Waals surface area contributed by atoms with Crippen LogP contribution in [0, 0.1) is 0 Å². The Morgan fingerprint density at radius 2 is 1.18 bits per heavy atom. The molecule has 6 nitrogen and oxygen atoms in total. The maximum Gasteiger partial charge on any atom is 0.224 e. The first-order valence-electron chi connectivity index (χ1n) is 17.2. The second-order valence-electron chi connectivity index (χ2n) is 12.5. The van der Waals surface area contributed by atoms with Crippen LogP contribution in [-0.4, -0.2) is 38.1 Å². The van der Waals surface area contributed by atoms with E-state index in [1.165, 1.54) is 0 Å². The van der Waals surface area contributed by atoms with Crippen molar-refractivity contribution in [2.45, 2.75) is 70.3 Å². The SMILES string of the molecule is CCOc1ccc(Cc2cc(C3(OC)OC(C)C(OCc4ccccc4)C(OCc4ccccc4)C3OCc3ccccc3)ccc2Cl)cc1. The van der Waals surface area contributed by atoms with Crippen molar-refractivity contribution in [3.05, 3.63) is 172 Å². The first kappa shape index (κ1) is 35.8. The van der Waals surface area contributed by atoms with Crippen molar-refractivity contribution in [2.75, 3.05) is 13.7 Å². The van der Waals surface area contributed by atoms with E-state index in [0.717, 1.165) is 39.1 Å². The third-order valence-electron chi connectivity index (χ3n) is 9.04. The Hall–Kier alpha value is -4.01. The van der Waals surface area contributed by atoms with E-state index in [1.54, 1.807) is 7.11 Å². The summed E-state index contributed by atoms with van der Waals surface area (Å²) < 4.78 is 39.5. The summed E-state index contributed by atoms with van der Waals surface area (Å²) in [5.74, 6) is -0.511. The number of hydrogen-bond acceptors (Lipinski definition) is 6. The van der Waals surface area contributed by atoms with Gasteiger partial charge < -0.3 is 28.4 Å². The zero-order chi connectivity index (χ0) is 34.8. The number of hydrogen-bond donors (Lipinski definition) is 0. The van der Waals surface area contributed by atoms with Crippen molar-refractivity contribution in [1.82, 2.24) is 0 Å². The number of halogens is 1. The Balaban J connectivity index is 1.38. The third kappa shape index (κ3) is 8.64. The highest BCUT2D eigenvalue weighted by Gasteiger charge is 2.57. The van der Waals surface area contributed by atoms with Gasteiger partial charge in [0.2, 0.25) is 5.79 Å². The maximum absolute atomic E-state index is 6.97. The molecule has 0 radical (unpaired) electrons. The zero-order valence-corrected chi connectivity index (χ0v) is 29.6. The molecule has 5 aromatic carbocycles. The van der Waals surface area contributed by atoms with E-state index in [0.29, 0.717) is 37.9 Å². The topological polar surface area (TPSA) is 55.4 Å². The highest BCUT2D eigenvalue weighted by Crippen LogP contribution is 2.44. The second-order valence-corrected chi connectivity index (χ2v) is 12.9. The average molecular weight is 693 g/mol. The summed E-state index contributed by atoms with van der Waals surface area (Å²) in [6, 6.07) is 44.4. The van der Waals surface area contributed by atoms with Gasteiger partial charge >= 0.3 is 0 Å². The lowest BCUT2D eigenvalue weighted by molar-refractivity contribution is -0.379. The Labute approximate surface area is 300 Å². The van der Waals surface area contributed by atoms with E-state index in [2.05, 4.69) is 42.5 Å². The third-order valence-corrected chi connectivity index (χ3v) is 9.41. The molecule has 5 unspecified atom stereocenters. The van der Waals surface area contributed by atoms with E-state index in [9.17, 15) is 0 Å². The molecule has 1 aliphatic rings. The van der Waals surface area contributed by atoms with Gasteiger partial charge in [-0.05, 0) is 72.4 Å². The van der Waals surface area contributed by atoms with Gasteiger partial charge in [0, 0.05) is 17.7 Å². The smallest absolute Gasteiger partial charge is 0.224 e. The highest BCUT2D eigenvalue weighted by molar-refractivity contribution is 6.31. The molecule has 0 spiro atoms. The van der Waals surface area contributed by atoms with Gasteiger partial charge in [-0.1, -0.05) is 121 Å². The minimum Gasteiger partial charge on any atom is -0.494 e. The molecule has 50 heavy (non-hydrogen) atoms. The molecule has 5 aromatic rings. The molecule has 0 amide bonds. The number of rotatable bonds is 15. The van der Waals surface area contributed by atoms with Crippen LogP contribution in [-0.2, 0) is 55.7 Å². The van der Waals surface area contributed by atoms with Gasteiger partial charge in [0.25, 0.3) is 0 Å². The van der Waals surface area contributed by atoms with Gasteiger partial charge in [-0.2, -0.15) is 0 Å². The van der Waals surface area contributed by atoms with E-state index >= 15 is 0 Å². The zero-order valence-electron chi connectivity index (χ0n) is 28.9. The predicted molar refractivity (Wildman–Crippen MR) is 196 cm³/mol. The normalized spacial score (nSPS) is 21.9. The minimum atomic E-state index is -1.35. The van der Waals surface area contributed by atoms with Gasteiger partial charge in [0.1, 0.15) is 24.1 Å². The molecule has 1 fully saturated rings. The van der Waals surface area contributed by atoms with Crippen molar-refractivity contribution < 1.29 is 28.4 Å². The van der Waals surface area contributed by atoms with Gasteiger partial charge in [0.05, 0.1) is 32.5 Å². The molecule has 1 heterocycles. The molecule has 7 heteroatoms. The fourth-order valence-corrected chi connectivity index (χ4v) is 6.69. The fraction of sp³-hybridized carbons (Fsp3) is 0.302. The van der Waals surface area contributed by atoms with Gasteiger partial charge in [-0.15, -0.1) is 0 Å². The lowest BCUT2D eigenvalue weighted by atomic mass is 9.86. The van der Waals surface area contributed by atoms with E-state index in [1.807, 2.05) is 105 Å². The molecular weight excluding hydrogens is 648 g/mol. The summed E-state index contributed by atoms with van der Waals surface area (Å²) >= 11 is 6.85. The molecule has 1 aliphatic heterocycles. The van der Waals surface area contributed by atoms with Crippen LogP contribution >= 0.6 is 11.6 Å². The molecule has 0 aliphatic carbocycles. The van der Waals surface area contributed by atoms with Crippen LogP contribution in [0.5, 0.6) is 5.75 Å². The molecule has 5 atom stereocenters. The monoisotopic (exact) mass is 692 g/mol. The number of methoxy groups -OCH3 is 1. The molecular formula is C43H45ClO6. The Morgan fingerprint density at radius 3 is 1.72 bits per heavy atom. The minimum absolute atomic E-state index is 0.317. The lowest BCUT2D eigenvalue weighted by Gasteiger charge is -2.51. The summed E-state index contributed by atoms with van der Waals surface area (Å²) in [5, 5.41) is 0.653. The molecule has 0 N–H and O–H groups in total. The number of ether oxygens (including phenoxy) is 6. The molecule has 0 bridgehead atoms. The van der Waals surface area contributed by atoms with Crippen LogP contribution in [0.15, 0.2) is 133 Å². The summed E-state index contributed by atoms with van der Waals surface area (Å²) in [4.78, 5) is 0. The van der Waals surface area contributed by atoms with Gasteiger partial charge in [0.15, 0.2) is 0 Å². The Bertz CT molecular complexity index is 1750. The van der Waals surface area contributed by atoms with Crippen molar-refractivity contribution in [2.24, 2.45) is 0 Å². The van der Waals surface area contributed by atoms with Crippen LogP contribution < -0.4 is 4.74 Å². The van der Waals surface area contributed by atoms with Crippen molar-refractivity contribution in [1.29, 1.82) is 0 Å². The van der Waals surface area contributed by atoms with Crippen LogP contribution in [0.3, 0.4) is 0 Å². The second kappa shape index (κ2) is 17.3. The Morgan fingerprint density at radius 1 is 0.640 bits per heavy atom. The highest BCUT2D eigenvalue weighted by atomic mass is 35.5. The molecule has 0 aromatic heterocycles.